The van der Waals surface area contributed by atoms with Crippen LogP contribution in [0.3, 0.4) is 0 Å². The number of halogens is 1. The van der Waals surface area contributed by atoms with Gasteiger partial charge >= 0.3 is 12.1 Å². The summed E-state index contributed by atoms with van der Waals surface area (Å²) in [6.45, 7) is 1.80. The highest BCUT2D eigenvalue weighted by Crippen LogP contribution is 2.24. The summed E-state index contributed by atoms with van der Waals surface area (Å²) in [5.74, 6) is -1.71. The number of amides is 2. The normalized spacial score (nSPS) is 9.90. The van der Waals surface area contributed by atoms with Gasteiger partial charge in [0.2, 0.25) is 5.91 Å². The number of rotatable bonds is 5. The molecule has 1 aromatic rings. The van der Waals surface area contributed by atoms with E-state index in [1.165, 1.54) is 12.1 Å². The largest absolute Gasteiger partial charge is 0.478 e. The molecule has 0 saturated carbocycles. The molecular weight excluding hydrogens is 306 g/mol. The van der Waals surface area contributed by atoms with Crippen LogP contribution >= 0.6 is 23.4 Å². The van der Waals surface area contributed by atoms with Crippen molar-refractivity contribution >= 4 is 41.3 Å². The van der Waals surface area contributed by atoms with Crippen molar-refractivity contribution in [3.8, 4) is 0 Å². The van der Waals surface area contributed by atoms with Gasteiger partial charge in [0.15, 0.2) is 0 Å². The number of carboxylic acids is 1. The van der Waals surface area contributed by atoms with E-state index in [1.807, 2.05) is 5.32 Å². The first kappa shape index (κ1) is 16.3. The number of carbonyl (C=O) groups is 3. The molecular formula is C12H12ClNO5S. The molecule has 1 aromatic carbocycles. The van der Waals surface area contributed by atoms with Crippen LogP contribution in [-0.4, -0.2) is 35.4 Å². The molecule has 108 valence electrons. The molecule has 2 N–H and O–H groups in total. The minimum Gasteiger partial charge on any atom is -0.478 e. The summed E-state index contributed by atoms with van der Waals surface area (Å²) in [4.78, 5) is 33.9. The van der Waals surface area contributed by atoms with Gasteiger partial charge in [0.1, 0.15) is 0 Å². The molecule has 0 bridgehead atoms. The molecule has 0 atom stereocenters. The zero-order valence-corrected chi connectivity index (χ0v) is 12.1. The SMILES string of the molecule is CCOC(=O)NC(=O)CSc1ccc(Cl)c(C(=O)O)c1. The highest BCUT2D eigenvalue weighted by molar-refractivity contribution is 8.00. The van der Waals surface area contributed by atoms with Gasteiger partial charge in [-0.25, -0.2) is 9.59 Å². The molecule has 0 spiro atoms. The van der Waals surface area contributed by atoms with Crippen LogP contribution < -0.4 is 5.32 Å². The van der Waals surface area contributed by atoms with Gasteiger partial charge in [-0.2, -0.15) is 0 Å². The van der Waals surface area contributed by atoms with Crippen LogP contribution in [0.5, 0.6) is 0 Å². The smallest absolute Gasteiger partial charge is 0.413 e. The Labute approximate surface area is 124 Å². The summed E-state index contributed by atoms with van der Waals surface area (Å²) in [6, 6.07) is 4.40. The van der Waals surface area contributed by atoms with Crippen LogP contribution in [0, 0.1) is 0 Å². The van der Waals surface area contributed by atoms with Crippen LogP contribution in [0.4, 0.5) is 4.79 Å². The lowest BCUT2D eigenvalue weighted by Crippen LogP contribution is -2.32. The second kappa shape index (κ2) is 7.76. The summed E-state index contributed by atoms with van der Waals surface area (Å²) in [5.41, 5.74) is -0.0394. The van der Waals surface area contributed by atoms with E-state index >= 15 is 0 Å². The monoisotopic (exact) mass is 317 g/mol. The van der Waals surface area contributed by atoms with E-state index in [0.29, 0.717) is 4.90 Å². The number of imide groups is 1. The molecule has 0 aliphatic rings. The topological polar surface area (TPSA) is 92.7 Å². The van der Waals surface area contributed by atoms with Crippen molar-refractivity contribution in [1.29, 1.82) is 0 Å². The molecule has 8 heteroatoms. The van der Waals surface area contributed by atoms with Crippen molar-refractivity contribution < 1.29 is 24.2 Å². The summed E-state index contributed by atoms with van der Waals surface area (Å²) in [6.07, 6.45) is -0.805. The Morgan fingerprint density at radius 3 is 2.70 bits per heavy atom. The van der Waals surface area contributed by atoms with Crippen LogP contribution in [-0.2, 0) is 9.53 Å². The summed E-state index contributed by atoms with van der Waals surface area (Å²) in [7, 11) is 0. The molecule has 0 radical (unpaired) electrons. The molecule has 0 aliphatic carbocycles. The third-order valence-electron chi connectivity index (χ3n) is 2.06. The Morgan fingerprint density at radius 2 is 2.10 bits per heavy atom. The quantitative estimate of drug-likeness (QED) is 0.810. The predicted octanol–water partition coefficient (Wildman–Crippen LogP) is 2.40. The van der Waals surface area contributed by atoms with Crippen molar-refractivity contribution in [1.82, 2.24) is 5.32 Å². The van der Waals surface area contributed by atoms with Gasteiger partial charge in [-0.05, 0) is 25.1 Å². The molecule has 1 rings (SSSR count). The first-order chi connectivity index (χ1) is 9.43. The van der Waals surface area contributed by atoms with E-state index in [-0.39, 0.29) is 22.9 Å². The minimum atomic E-state index is -1.14. The zero-order chi connectivity index (χ0) is 15.1. The van der Waals surface area contributed by atoms with Gasteiger partial charge in [0, 0.05) is 4.90 Å². The second-order valence-electron chi connectivity index (χ2n) is 3.50. The number of thioether (sulfide) groups is 1. The zero-order valence-electron chi connectivity index (χ0n) is 10.5. The predicted molar refractivity (Wildman–Crippen MR) is 74.3 cm³/mol. The fourth-order valence-corrected chi connectivity index (χ4v) is 2.16. The van der Waals surface area contributed by atoms with E-state index in [2.05, 4.69) is 4.74 Å². The lowest BCUT2D eigenvalue weighted by molar-refractivity contribution is -0.117. The van der Waals surface area contributed by atoms with Gasteiger partial charge in [-0.3, -0.25) is 10.1 Å². The molecule has 0 fully saturated rings. The van der Waals surface area contributed by atoms with Gasteiger partial charge in [0.05, 0.1) is 22.9 Å². The van der Waals surface area contributed by atoms with Crippen LogP contribution in [0.2, 0.25) is 5.02 Å². The second-order valence-corrected chi connectivity index (χ2v) is 4.96. The number of benzene rings is 1. The average Bonchev–Trinajstić information content (AvgIpc) is 2.37. The fourth-order valence-electron chi connectivity index (χ4n) is 1.22. The molecule has 0 saturated heterocycles. The van der Waals surface area contributed by atoms with Crippen molar-refractivity contribution in [2.45, 2.75) is 11.8 Å². The molecule has 2 amide bonds. The van der Waals surface area contributed by atoms with Gasteiger partial charge in [-0.1, -0.05) is 11.6 Å². The third kappa shape index (κ3) is 5.10. The Morgan fingerprint density at radius 1 is 1.40 bits per heavy atom. The summed E-state index contributed by atoms with van der Waals surface area (Å²) < 4.78 is 4.56. The maximum Gasteiger partial charge on any atom is 0.413 e. The number of nitrogens with one attached hydrogen (secondary N) is 1. The number of alkyl carbamates (subject to hydrolysis) is 1. The van der Waals surface area contributed by atoms with Gasteiger partial charge < -0.3 is 9.84 Å². The maximum atomic E-state index is 11.4. The van der Waals surface area contributed by atoms with Crippen molar-refractivity contribution in [3.63, 3.8) is 0 Å². The Bertz CT molecular complexity index is 535. The van der Waals surface area contributed by atoms with E-state index in [0.717, 1.165) is 11.8 Å². The minimum absolute atomic E-state index is 0.0394. The molecule has 0 aromatic heterocycles. The Kier molecular flexibility index (Phi) is 6.33. The Balaban J connectivity index is 2.58. The van der Waals surface area contributed by atoms with Crippen molar-refractivity contribution in [2.75, 3.05) is 12.4 Å². The first-order valence-electron chi connectivity index (χ1n) is 5.56. The molecule has 6 nitrogen and oxygen atoms in total. The van der Waals surface area contributed by atoms with Crippen LogP contribution in [0.1, 0.15) is 17.3 Å². The van der Waals surface area contributed by atoms with Crippen molar-refractivity contribution in [2.24, 2.45) is 0 Å². The Hall–Kier alpha value is -1.73. The number of ether oxygens (including phenoxy) is 1. The summed E-state index contributed by atoms with van der Waals surface area (Å²) >= 11 is 6.81. The van der Waals surface area contributed by atoms with Crippen LogP contribution in [0.25, 0.3) is 0 Å². The van der Waals surface area contributed by atoms with E-state index in [1.54, 1.807) is 13.0 Å². The number of carboxylic acid groups (broad SMARTS) is 1. The van der Waals surface area contributed by atoms with E-state index in [4.69, 9.17) is 16.7 Å². The standard InChI is InChI=1S/C12H12ClNO5S/c1-2-19-12(18)14-10(15)6-20-7-3-4-9(13)8(5-7)11(16)17/h3-5H,2,6H2,1H3,(H,16,17)(H,14,15,18). The molecule has 0 heterocycles. The maximum absolute atomic E-state index is 11.4. The lowest BCUT2D eigenvalue weighted by Gasteiger charge is -2.05. The lowest BCUT2D eigenvalue weighted by atomic mass is 10.2. The molecule has 0 unspecified atom stereocenters. The highest BCUT2D eigenvalue weighted by Gasteiger charge is 2.12. The number of hydrogen-bond acceptors (Lipinski definition) is 5. The number of carbonyl (C=O) groups excluding carboxylic acids is 2. The average molecular weight is 318 g/mol. The van der Waals surface area contributed by atoms with Gasteiger partial charge in [-0.15, -0.1) is 11.8 Å². The highest BCUT2D eigenvalue weighted by atomic mass is 35.5. The van der Waals surface area contributed by atoms with E-state index in [9.17, 15) is 14.4 Å². The third-order valence-corrected chi connectivity index (χ3v) is 3.38. The van der Waals surface area contributed by atoms with Crippen LogP contribution in [0.15, 0.2) is 23.1 Å². The number of aromatic carboxylic acids is 1. The van der Waals surface area contributed by atoms with E-state index < -0.39 is 18.0 Å². The molecule has 20 heavy (non-hydrogen) atoms. The first-order valence-corrected chi connectivity index (χ1v) is 6.92. The van der Waals surface area contributed by atoms with Gasteiger partial charge in [0.25, 0.3) is 0 Å². The summed E-state index contributed by atoms with van der Waals surface area (Å²) in [5, 5.41) is 11.1. The number of hydrogen-bond donors (Lipinski definition) is 2. The fraction of sp³-hybridized carbons (Fsp3) is 0.250. The molecule has 0 aliphatic heterocycles. The van der Waals surface area contributed by atoms with Crippen molar-refractivity contribution in [3.05, 3.63) is 28.8 Å².